The van der Waals surface area contributed by atoms with Crippen LogP contribution in [0.3, 0.4) is 0 Å². The molecule has 1 heterocycles. The second-order valence-electron chi connectivity index (χ2n) is 3.08. The molecule has 0 saturated carbocycles. The Morgan fingerprint density at radius 2 is 2.31 bits per heavy atom. The molecule has 1 aromatic rings. The molecule has 88 valence electrons. The number of aryl methyl sites for hydroxylation is 1. The quantitative estimate of drug-likeness (QED) is 0.579. The van der Waals surface area contributed by atoms with Gasteiger partial charge < -0.3 is 20.9 Å². The van der Waals surface area contributed by atoms with Crippen molar-refractivity contribution in [3.8, 4) is 0 Å². The average Bonchev–Trinajstić information content (AvgIpc) is 2.26. The first-order chi connectivity index (χ1) is 7.65. The van der Waals surface area contributed by atoms with Crippen LogP contribution in [0.4, 0.5) is 10.6 Å². The van der Waals surface area contributed by atoms with Crippen molar-refractivity contribution < 1.29 is 4.79 Å². The van der Waals surface area contributed by atoms with Gasteiger partial charge in [0.05, 0.1) is 0 Å². The fourth-order valence-electron chi connectivity index (χ4n) is 1.18. The molecule has 1 rings (SSSR count). The number of aromatic nitrogens is 2. The number of amides is 2. The lowest BCUT2D eigenvalue weighted by atomic mass is 10.5. The van der Waals surface area contributed by atoms with E-state index in [2.05, 4.69) is 15.6 Å². The van der Waals surface area contributed by atoms with Crippen molar-refractivity contribution in [2.75, 3.05) is 18.4 Å². The maximum atomic E-state index is 11.7. The van der Waals surface area contributed by atoms with Gasteiger partial charge in [0.2, 0.25) is 0 Å². The Morgan fingerprint density at radius 3 is 2.94 bits per heavy atom. The second-order valence-corrected chi connectivity index (χ2v) is 3.08. The number of hydrogen-bond donors (Lipinski definition) is 3. The molecule has 0 atom stereocenters. The van der Waals surface area contributed by atoms with Gasteiger partial charge in [-0.15, -0.1) is 0 Å². The van der Waals surface area contributed by atoms with Crippen LogP contribution in [0.25, 0.3) is 0 Å². The minimum absolute atomic E-state index is 0.177. The third kappa shape index (κ3) is 3.26. The van der Waals surface area contributed by atoms with Crippen LogP contribution in [0.1, 0.15) is 6.92 Å². The van der Waals surface area contributed by atoms with Crippen molar-refractivity contribution in [2.24, 2.45) is 5.73 Å². The van der Waals surface area contributed by atoms with E-state index in [1.165, 1.54) is 4.57 Å². The highest BCUT2D eigenvalue weighted by Gasteiger charge is 2.02. The Hall–Kier alpha value is -2.05. The summed E-state index contributed by atoms with van der Waals surface area (Å²) in [5.41, 5.74) is 4.71. The van der Waals surface area contributed by atoms with Crippen LogP contribution in [0, 0.1) is 0 Å². The molecule has 0 radical (unpaired) electrons. The SMILES string of the molecule is CCn1ccnc(NCCNC(N)=O)c1=O. The predicted octanol–water partition coefficient (Wildman–Crippen LogP) is -0.657. The highest BCUT2D eigenvalue weighted by Crippen LogP contribution is 1.91. The first kappa shape index (κ1) is 12.0. The summed E-state index contributed by atoms with van der Waals surface area (Å²) >= 11 is 0. The highest BCUT2D eigenvalue weighted by molar-refractivity contribution is 5.71. The Kier molecular flexibility index (Phi) is 4.31. The zero-order chi connectivity index (χ0) is 12.0. The predicted molar refractivity (Wildman–Crippen MR) is 60.2 cm³/mol. The van der Waals surface area contributed by atoms with Crippen LogP contribution in [0.2, 0.25) is 0 Å². The van der Waals surface area contributed by atoms with Gasteiger partial charge in [-0.25, -0.2) is 9.78 Å². The number of urea groups is 1. The number of carbonyl (C=O) groups excluding carboxylic acids is 1. The van der Waals surface area contributed by atoms with Gasteiger partial charge in [0, 0.05) is 32.0 Å². The van der Waals surface area contributed by atoms with Gasteiger partial charge >= 0.3 is 6.03 Å². The van der Waals surface area contributed by atoms with Gasteiger partial charge in [-0.05, 0) is 6.92 Å². The molecule has 1 aromatic heterocycles. The summed E-state index contributed by atoms with van der Waals surface area (Å²) in [6.07, 6.45) is 3.17. The van der Waals surface area contributed by atoms with Crippen molar-refractivity contribution in [1.82, 2.24) is 14.9 Å². The molecule has 0 bridgehead atoms. The van der Waals surface area contributed by atoms with Crippen molar-refractivity contribution in [2.45, 2.75) is 13.5 Å². The van der Waals surface area contributed by atoms with Crippen LogP contribution in [0.5, 0.6) is 0 Å². The fourth-order valence-corrected chi connectivity index (χ4v) is 1.18. The van der Waals surface area contributed by atoms with E-state index in [9.17, 15) is 9.59 Å². The standard InChI is InChI=1S/C9H15N5O2/c1-2-14-6-5-12-7(8(14)15)11-3-4-13-9(10)16/h5-6H,2-4H2,1H3,(H,11,12)(H3,10,13,16). The topological polar surface area (TPSA) is 102 Å². The zero-order valence-electron chi connectivity index (χ0n) is 9.06. The third-order valence-electron chi connectivity index (χ3n) is 1.97. The van der Waals surface area contributed by atoms with Gasteiger partial charge in [0.1, 0.15) is 0 Å². The normalized spacial score (nSPS) is 9.81. The summed E-state index contributed by atoms with van der Waals surface area (Å²) in [5, 5.41) is 5.23. The smallest absolute Gasteiger partial charge is 0.312 e. The van der Waals surface area contributed by atoms with Crippen molar-refractivity contribution in [3.63, 3.8) is 0 Å². The fraction of sp³-hybridized carbons (Fsp3) is 0.444. The van der Waals surface area contributed by atoms with Gasteiger partial charge in [0.25, 0.3) is 5.56 Å². The number of anilines is 1. The minimum Gasteiger partial charge on any atom is -0.364 e. The summed E-state index contributed by atoms with van der Waals surface area (Å²) in [6.45, 7) is 3.21. The van der Waals surface area contributed by atoms with Crippen molar-refractivity contribution >= 4 is 11.8 Å². The Labute approximate surface area is 92.7 Å². The summed E-state index contributed by atoms with van der Waals surface area (Å²) < 4.78 is 1.54. The first-order valence-electron chi connectivity index (χ1n) is 4.97. The van der Waals surface area contributed by atoms with Crippen LogP contribution in [-0.2, 0) is 6.54 Å². The molecule has 0 fully saturated rings. The van der Waals surface area contributed by atoms with Crippen LogP contribution in [-0.4, -0.2) is 28.7 Å². The van der Waals surface area contributed by atoms with E-state index in [0.29, 0.717) is 19.6 Å². The van der Waals surface area contributed by atoms with E-state index >= 15 is 0 Å². The van der Waals surface area contributed by atoms with Crippen LogP contribution < -0.4 is 21.9 Å². The first-order valence-corrected chi connectivity index (χ1v) is 4.97. The molecule has 0 saturated heterocycles. The van der Waals surface area contributed by atoms with Crippen molar-refractivity contribution in [1.29, 1.82) is 0 Å². The molecule has 0 aromatic carbocycles. The maximum Gasteiger partial charge on any atom is 0.312 e. The highest BCUT2D eigenvalue weighted by atomic mass is 16.2. The molecule has 0 unspecified atom stereocenters. The molecule has 0 aliphatic carbocycles. The van der Waals surface area contributed by atoms with E-state index in [1.807, 2.05) is 6.92 Å². The molecule has 0 spiro atoms. The Balaban J connectivity index is 2.54. The molecule has 4 N–H and O–H groups in total. The number of rotatable bonds is 5. The number of nitrogens with two attached hydrogens (primary N) is 1. The summed E-state index contributed by atoms with van der Waals surface area (Å²) in [5.74, 6) is 0.274. The van der Waals surface area contributed by atoms with Gasteiger partial charge in [-0.1, -0.05) is 0 Å². The largest absolute Gasteiger partial charge is 0.364 e. The van der Waals surface area contributed by atoms with Crippen molar-refractivity contribution in [3.05, 3.63) is 22.7 Å². The van der Waals surface area contributed by atoms with Gasteiger partial charge in [0.15, 0.2) is 5.82 Å². The number of carbonyl (C=O) groups is 1. The van der Waals surface area contributed by atoms with Crippen LogP contribution in [0.15, 0.2) is 17.2 Å². The lowest BCUT2D eigenvalue weighted by Gasteiger charge is -2.07. The number of nitrogens with zero attached hydrogens (tertiary/aromatic N) is 2. The minimum atomic E-state index is -0.589. The maximum absolute atomic E-state index is 11.7. The van der Waals surface area contributed by atoms with E-state index in [4.69, 9.17) is 5.73 Å². The molecule has 7 heteroatoms. The summed E-state index contributed by atoms with van der Waals surface area (Å²) in [4.78, 5) is 25.9. The molecule has 7 nitrogen and oxygen atoms in total. The van der Waals surface area contributed by atoms with E-state index in [0.717, 1.165) is 0 Å². The lowest BCUT2D eigenvalue weighted by molar-refractivity contribution is 0.249. The Bertz CT molecular complexity index is 415. The molecule has 16 heavy (non-hydrogen) atoms. The van der Waals surface area contributed by atoms with Gasteiger partial charge in [-0.3, -0.25) is 4.79 Å². The number of hydrogen-bond acceptors (Lipinski definition) is 4. The average molecular weight is 225 g/mol. The van der Waals surface area contributed by atoms with Gasteiger partial charge in [-0.2, -0.15) is 0 Å². The third-order valence-corrected chi connectivity index (χ3v) is 1.97. The Morgan fingerprint density at radius 1 is 1.56 bits per heavy atom. The molecule has 2 amide bonds. The number of nitrogens with one attached hydrogen (secondary N) is 2. The number of primary amides is 1. The molecule has 0 aliphatic rings. The van der Waals surface area contributed by atoms with E-state index in [1.54, 1.807) is 12.4 Å². The monoisotopic (exact) mass is 225 g/mol. The lowest BCUT2D eigenvalue weighted by Crippen LogP contribution is -2.34. The molecular formula is C9H15N5O2. The van der Waals surface area contributed by atoms with Crippen LogP contribution >= 0.6 is 0 Å². The molecular weight excluding hydrogens is 210 g/mol. The summed E-state index contributed by atoms with van der Waals surface area (Å²) in [6, 6.07) is -0.589. The second kappa shape index (κ2) is 5.74. The van der Waals surface area contributed by atoms with E-state index < -0.39 is 6.03 Å². The van der Waals surface area contributed by atoms with E-state index in [-0.39, 0.29) is 11.4 Å². The zero-order valence-corrected chi connectivity index (χ0v) is 9.06. The molecule has 0 aliphatic heterocycles. The summed E-state index contributed by atoms with van der Waals surface area (Å²) in [7, 11) is 0.